The highest BCUT2D eigenvalue weighted by molar-refractivity contribution is 5.32. The molecule has 26 heteroatoms. The predicted molar refractivity (Wildman–Crippen MR) is 122 cm³/mol. The summed E-state index contributed by atoms with van der Waals surface area (Å²) in [7, 11) is 0. The number of alkyl halides is 15. The van der Waals surface area contributed by atoms with Crippen LogP contribution in [0.4, 0.5) is 65.9 Å². The van der Waals surface area contributed by atoms with E-state index >= 15 is 0 Å². The molecule has 0 bridgehead atoms. The maximum Gasteiger partial charge on any atom is 0.460 e. The van der Waals surface area contributed by atoms with Gasteiger partial charge in [-0.05, 0) is 24.3 Å². The van der Waals surface area contributed by atoms with Gasteiger partial charge in [-0.2, -0.15) is 65.9 Å². The zero-order chi connectivity index (χ0) is 37.6. The van der Waals surface area contributed by atoms with E-state index in [1.54, 1.807) is 0 Å². The molecule has 0 spiro atoms. The summed E-state index contributed by atoms with van der Waals surface area (Å²) >= 11 is 0. The van der Waals surface area contributed by atoms with Crippen molar-refractivity contribution in [2.24, 2.45) is 0 Å². The second-order valence-corrected chi connectivity index (χ2v) is 8.64. The van der Waals surface area contributed by atoms with Crippen LogP contribution in [0.3, 0.4) is 0 Å². The van der Waals surface area contributed by atoms with Crippen molar-refractivity contribution in [2.45, 2.75) is 41.7 Å². The summed E-state index contributed by atoms with van der Waals surface area (Å²) < 4.78 is 249. The Labute approximate surface area is 264 Å². The quantitative estimate of drug-likeness (QED) is 0.0723. The van der Waals surface area contributed by atoms with E-state index in [2.05, 4.69) is 4.74 Å². The van der Waals surface area contributed by atoms with Gasteiger partial charge in [0.05, 0.1) is 0 Å². The number of halogens is 15. The average Bonchev–Trinajstić information content (AvgIpc) is 3.01. The molecular formula is C23H25F15O11. The molecule has 0 heterocycles. The number of ether oxygens (including phenoxy) is 10. The second-order valence-electron chi connectivity index (χ2n) is 8.64. The lowest BCUT2D eigenvalue weighted by Gasteiger charge is -2.41. The minimum absolute atomic E-state index is 0.152. The molecule has 0 fully saturated rings. The van der Waals surface area contributed by atoms with Crippen molar-refractivity contribution in [3.8, 4) is 5.75 Å². The van der Waals surface area contributed by atoms with E-state index in [-0.39, 0.29) is 52.9 Å². The molecule has 1 N–H and O–H groups in total. The van der Waals surface area contributed by atoms with Crippen LogP contribution in [-0.4, -0.2) is 109 Å². The Hall–Kier alpha value is -2.43. The number of benzene rings is 1. The SMILES string of the molecule is OCOCOCOCOCOCOCOCOCOCOc1ccc(C(F)(F)C(F)(F)C(F)(F)C(F)(F)C(F)(F)C(F)(F)C(F)(F)F)cc1. The van der Waals surface area contributed by atoms with Crippen molar-refractivity contribution in [3.05, 3.63) is 29.8 Å². The lowest BCUT2D eigenvalue weighted by atomic mass is 9.88. The number of hydrogen-bond acceptors (Lipinski definition) is 11. The smallest absolute Gasteiger partial charge is 0.460 e. The molecule has 0 aliphatic carbocycles. The van der Waals surface area contributed by atoms with E-state index < -0.39 is 80.2 Å². The molecule has 49 heavy (non-hydrogen) atoms. The van der Waals surface area contributed by atoms with Crippen LogP contribution in [-0.2, 0) is 48.6 Å². The van der Waals surface area contributed by atoms with Crippen molar-refractivity contribution in [1.29, 1.82) is 0 Å². The largest absolute Gasteiger partial charge is 0.467 e. The highest BCUT2D eigenvalue weighted by atomic mass is 19.4. The molecule has 288 valence electrons. The molecule has 1 aromatic carbocycles. The molecule has 0 radical (unpaired) electrons. The first kappa shape index (κ1) is 44.6. The first-order valence-electron chi connectivity index (χ1n) is 12.4. The van der Waals surface area contributed by atoms with Crippen molar-refractivity contribution >= 4 is 0 Å². The van der Waals surface area contributed by atoms with Gasteiger partial charge >= 0.3 is 41.7 Å². The van der Waals surface area contributed by atoms with Gasteiger partial charge in [0.2, 0.25) is 0 Å². The molecule has 11 nitrogen and oxygen atoms in total. The van der Waals surface area contributed by atoms with E-state index in [9.17, 15) is 65.9 Å². The van der Waals surface area contributed by atoms with Crippen LogP contribution in [0.1, 0.15) is 5.56 Å². The predicted octanol–water partition coefficient (Wildman–Crippen LogP) is 5.61. The van der Waals surface area contributed by atoms with Crippen LogP contribution in [0.2, 0.25) is 0 Å². The Morgan fingerprint density at radius 2 is 0.694 bits per heavy atom. The first-order valence-corrected chi connectivity index (χ1v) is 12.4. The third kappa shape index (κ3) is 11.0. The fraction of sp³-hybridized carbons (Fsp3) is 0.739. The fourth-order valence-electron chi connectivity index (χ4n) is 2.80. The number of aliphatic hydroxyl groups excluding tert-OH is 1. The summed E-state index contributed by atoms with van der Waals surface area (Å²) in [5, 5.41) is 8.32. The zero-order valence-electron chi connectivity index (χ0n) is 24.1. The van der Waals surface area contributed by atoms with Crippen molar-refractivity contribution < 1.29 is 118 Å². The first-order chi connectivity index (χ1) is 22.5. The minimum Gasteiger partial charge on any atom is -0.467 e. The summed E-state index contributed by atoms with van der Waals surface area (Å²) in [5.41, 5.74) is -2.28. The molecule has 0 aromatic heterocycles. The molecule has 0 saturated carbocycles. The van der Waals surface area contributed by atoms with Gasteiger partial charge in [0.1, 0.15) is 12.5 Å². The molecule has 1 rings (SSSR count). The molecule has 0 atom stereocenters. The number of hydrogen-bond donors (Lipinski definition) is 1. The molecule has 1 aromatic rings. The summed E-state index contributed by atoms with van der Waals surface area (Å²) in [6.45, 7) is -3.66. The lowest BCUT2D eigenvalue weighted by molar-refractivity contribution is -0.453. The maximum atomic E-state index is 14.3. The molecule has 0 aliphatic heterocycles. The van der Waals surface area contributed by atoms with Gasteiger partial charge in [0.25, 0.3) is 0 Å². The van der Waals surface area contributed by atoms with Crippen LogP contribution in [0.25, 0.3) is 0 Å². The Balaban J connectivity index is 2.47. The highest BCUT2D eigenvalue weighted by Crippen LogP contribution is 2.63. The number of rotatable bonds is 26. The number of aliphatic hydroxyl groups is 1. The summed E-state index contributed by atoms with van der Waals surface area (Å²) in [5.74, 6) is -47.7. The molecular weight excluding hydrogens is 737 g/mol. The van der Waals surface area contributed by atoms with Crippen molar-refractivity contribution in [1.82, 2.24) is 0 Å². The highest BCUT2D eigenvalue weighted by Gasteiger charge is 2.93. The van der Waals surface area contributed by atoms with Crippen LogP contribution in [0.5, 0.6) is 5.75 Å². The maximum absolute atomic E-state index is 14.3. The van der Waals surface area contributed by atoms with Gasteiger partial charge in [-0.15, -0.1) is 0 Å². The molecule has 0 aliphatic rings. The third-order valence-electron chi connectivity index (χ3n) is 5.28. The normalized spacial score (nSPS) is 14.0. The lowest BCUT2D eigenvalue weighted by Crippen LogP contribution is -2.72. The average molecular weight is 762 g/mol. The Morgan fingerprint density at radius 3 is 1.04 bits per heavy atom. The molecule has 0 amide bonds. The van der Waals surface area contributed by atoms with Gasteiger partial charge in [0.15, 0.2) is 61.1 Å². The van der Waals surface area contributed by atoms with E-state index in [4.69, 9.17) is 47.7 Å². The zero-order valence-corrected chi connectivity index (χ0v) is 24.1. The van der Waals surface area contributed by atoms with Crippen molar-refractivity contribution in [3.63, 3.8) is 0 Å². The Kier molecular flexibility index (Phi) is 17.0. The molecule has 0 saturated heterocycles. The van der Waals surface area contributed by atoms with Gasteiger partial charge in [-0.25, -0.2) is 0 Å². The Bertz CT molecular complexity index is 1080. The van der Waals surface area contributed by atoms with Crippen LogP contribution in [0, 0.1) is 0 Å². The van der Waals surface area contributed by atoms with Gasteiger partial charge in [0, 0.05) is 5.56 Å². The van der Waals surface area contributed by atoms with E-state index in [1.165, 1.54) is 0 Å². The standard InChI is InChI=1S/C23H25F15O11/c24-17(25,18(26,27)19(28,29)20(30,31)21(32,33)22(34,35)23(36,37)38)15-1-3-16(4-2-15)49-14-48-13-47-12-46-11-45-10-44-9-43-8-42-7-41-6-40-5-39/h1-4,39H,5-14H2. The van der Waals surface area contributed by atoms with Gasteiger partial charge in [-0.3, -0.25) is 0 Å². The summed E-state index contributed by atoms with van der Waals surface area (Å²) in [6, 6.07) is 0.387. The molecule has 0 unspecified atom stereocenters. The van der Waals surface area contributed by atoms with Gasteiger partial charge < -0.3 is 52.5 Å². The van der Waals surface area contributed by atoms with Crippen LogP contribution in [0.15, 0.2) is 24.3 Å². The topological polar surface area (TPSA) is 113 Å². The minimum atomic E-state index is -8.37. The summed E-state index contributed by atoms with van der Waals surface area (Å²) in [4.78, 5) is 0. The van der Waals surface area contributed by atoms with E-state index in [0.717, 1.165) is 0 Å². The summed E-state index contributed by atoms with van der Waals surface area (Å²) in [6.07, 6.45) is -7.68. The van der Waals surface area contributed by atoms with E-state index in [1.807, 2.05) is 0 Å². The van der Waals surface area contributed by atoms with Crippen molar-refractivity contribution in [2.75, 3.05) is 67.9 Å². The van der Waals surface area contributed by atoms with Crippen LogP contribution < -0.4 is 4.74 Å². The van der Waals surface area contributed by atoms with Gasteiger partial charge in [-0.1, -0.05) is 0 Å². The fourth-order valence-corrected chi connectivity index (χ4v) is 2.80. The Morgan fingerprint density at radius 1 is 0.388 bits per heavy atom. The second kappa shape index (κ2) is 18.7. The third-order valence-corrected chi connectivity index (χ3v) is 5.28. The van der Waals surface area contributed by atoms with Crippen LogP contribution >= 0.6 is 0 Å². The monoisotopic (exact) mass is 762 g/mol. The van der Waals surface area contributed by atoms with E-state index in [0.29, 0.717) is 12.1 Å².